The lowest BCUT2D eigenvalue weighted by Gasteiger charge is -2.21. The Bertz CT molecular complexity index is 670. The molecule has 1 rings (SSSR count). The number of carboxylic acid groups (broad SMARTS) is 1. The molecule has 0 saturated heterocycles. The summed E-state index contributed by atoms with van der Waals surface area (Å²) in [6, 6.07) is 4.21. The molecule has 1 atom stereocenters. The van der Waals surface area contributed by atoms with Crippen LogP contribution in [0, 0.1) is 0 Å². The Morgan fingerprint density at radius 2 is 1.82 bits per heavy atom. The summed E-state index contributed by atoms with van der Waals surface area (Å²) in [6.07, 6.45) is 0. The largest absolute Gasteiger partial charge is 0.480 e. The zero-order valence-corrected chi connectivity index (χ0v) is 13.7. The van der Waals surface area contributed by atoms with Gasteiger partial charge in [0.15, 0.2) is 0 Å². The number of carbonyl (C=O) groups is 2. The van der Waals surface area contributed by atoms with E-state index in [9.17, 15) is 18.0 Å². The van der Waals surface area contributed by atoms with Crippen molar-refractivity contribution in [3.8, 4) is 0 Å². The van der Waals surface area contributed by atoms with Crippen LogP contribution in [0.15, 0.2) is 29.2 Å². The maximum Gasteiger partial charge on any atom is 0.325 e. The molecule has 0 bridgehead atoms. The molecule has 0 aliphatic heterocycles. The summed E-state index contributed by atoms with van der Waals surface area (Å²) in [7, 11) is -2.24. The van der Waals surface area contributed by atoms with Gasteiger partial charge in [0.05, 0.1) is 4.90 Å². The number of hydrogen-bond donors (Lipinski definition) is 2. The first-order valence-corrected chi connectivity index (χ1v) is 8.13. The molecule has 0 fully saturated rings. The first-order chi connectivity index (χ1) is 10.1. The van der Waals surface area contributed by atoms with Gasteiger partial charge in [0, 0.05) is 18.7 Å². The molecule has 122 valence electrons. The minimum atomic E-state index is -3.70. The molecule has 0 spiro atoms. The summed E-state index contributed by atoms with van der Waals surface area (Å²) in [6.45, 7) is 4.80. The van der Waals surface area contributed by atoms with Crippen LogP contribution >= 0.6 is 0 Å². The SMILES string of the molecule is CC(NC(=O)c1cccc(S(=O)(=O)N(C)C(C)C)c1)C(=O)O. The molecule has 1 aromatic rings. The number of sulfonamides is 1. The third-order valence-electron chi connectivity index (χ3n) is 3.22. The molecule has 0 aliphatic rings. The Kier molecular flexibility index (Phi) is 5.67. The van der Waals surface area contributed by atoms with Crippen LogP contribution in [-0.2, 0) is 14.8 Å². The van der Waals surface area contributed by atoms with E-state index in [4.69, 9.17) is 5.11 Å². The van der Waals surface area contributed by atoms with Gasteiger partial charge in [0.25, 0.3) is 5.91 Å². The van der Waals surface area contributed by atoms with E-state index in [-0.39, 0.29) is 16.5 Å². The number of rotatable bonds is 6. The van der Waals surface area contributed by atoms with E-state index >= 15 is 0 Å². The van der Waals surface area contributed by atoms with Crippen LogP contribution in [0.2, 0.25) is 0 Å². The second kappa shape index (κ2) is 6.89. The molecule has 22 heavy (non-hydrogen) atoms. The molecule has 0 aromatic heterocycles. The molecule has 8 heteroatoms. The average Bonchev–Trinajstić information content (AvgIpc) is 2.46. The van der Waals surface area contributed by atoms with E-state index in [1.165, 1.54) is 42.5 Å². The van der Waals surface area contributed by atoms with Gasteiger partial charge in [-0.15, -0.1) is 0 Å². The van der Waals surface area contributed by atoms with Crippen molar-refractivity contribution < 1.29 is 23.1 Å². The van der Waals surface area contributed by atoms with Crippen LogP contribution < -0.4 is 5.32 Å². The third-order valence-corrected chi connectivity index (χ3v) is 5.25. The Balaban J connectivity index is 3.10. The number of nitrogens with one attached hydrogen (secondary N) is 1. The van der Waals surface area contributed by atoms with Gasteiger partial charge in [-0.05, 0) is 39.0 Å². The van der Waals surface area contributed by atoms with Gasteiger partial charge in [-0.2, -0.15) is 4.31 Å². The van der Waals surface area contributed by atoms with Crippen molar-refractivity contribution in [2.24, 2.45) is 0 Å². The van der Waals surface area contributed by atoms with Crippen LogP contribution in [0.4, 0.5) is 0 Å². The fraction of sp³-hybridized carbons (Fsp3) is 0.429. The number of amides is 1. The number of hydrogen-bond acceptors (Lipinski definition) is 4. The Morgan fingerprint density at radius 3 is 2.32 bits per heavy atom. The third kappa shape index (κ3) is 4.05. The standard InChI is InChI=1S/C14H20N2O5S/c1-9(2)16(4)22(20,21)12-7-5-6-11(8-12)13(17)15-10(3)14(18)19/h5-10H,1-4H3,(H,15,17)(H,18,19). The quantitative estimate of drug-likeness (QED) is 0.808. The van der Waals surface area contributed by atoms with Gasteiger partial charge >= 0.3 is 5.97 Å². The van der Waals surface area contributed by atoms with Crippen LogP contribution in [-0.4, -0.2) is 48.8 Å². The van der Waals surface area contributed by atoms with E-state index in [1.807, 2.05) is 0 Å². The van der Waals surface area contributed by atoms with Crippen molar-refractivity contribution >= 4 is 21.9 Å². The topological polar surface area (TPSA) is 104 Å². The van der Waals surface area contributed by atoms with Crippen LogP contribution in [0.5, 0.6) is 0 Å². The van der Waals surface area contributed by atoms with Gasteiger partial charge in [0.2, 0.25) is 10.0 Å². The van der Waals surface area contributed by atoms with Crippen molar-refractivity contribution in [3.05, 3.63) is 29.8 Å². The molecule has 0 radical (unpaired) electrons. The monoisotopic (exact) mass is 328 g/mol. The normalized spacial score (nSPS) is 13.2. The summed E-state index contributed by atoms with van der Waals surface area (Å²) in [4.78, 5) is 22.7. The highest BCUT2D eigenvalue weighted by atomic mass is 32.2. The van der Waals surface area contributed by atoms with Crippen molar-refractivity contribution in [2.75, 3.05) is 7.05 Å². The van der Waals surface area contributed by atoms with Crippen LogP contribution in [0.1, 0.15) is 31.1 Å². The number of aliphatic carboxylic acids is 1. The highest BCUT2D eigenvalue weighted by Gasteiger charge is 2.24. The fourth-order valence-electron chi connectivity index (χ4n) is 1.58. The van der Waals surface area contributed by atoms with Crippen molar-refractivity contribution in [2.45, 2.75) is 37.8 Å². The Morgan fingerprint density at radius 1 is 1.23 bits per heavy atom. The molecular weight excluding hydrogens is 308 g/mol. The summed E-state index contributed by atoms with van der Waals surface area (Å²) in [5, 5.41) is 11.1. The minimum absolute atomic E-state index is 0.0145. The summed E-state index contributed by atoms with van der Waals surface area (Å²) < 4.78 is 26.0. The highest BCUT2D eigenvalue weighted by molar-refractivity contribution is 7.89. The van der Waals surface area contributed by atoms with Gasteiger partial charge in [-0.1, -0.05) is 6.07 Å². The highest BCUT2D eigenvalue weighted by Crippen LogP contribution is 2.17. The maximum atomic E-state index is 12.4. The molecule has 0 heterocycles. The molecule has 0 saturated carbocycles. The number of carbonyl (C=O) groups excluding carboxylic acids is 1. The van der Waals surface area contributed by atoms with Crippen molar-refractivity contribution in [1.29, 1.82) is 0 Å². The smallest absolute Gasteiger partial charge is 0.325 e. The Labute approximate surface area is 130 Å². The summed E-state index contributed by atoms with van der Waals surface area (Å²) in [5.74, 6) is -1.81. The molecule has 7 nitrogen and oxygen atoms in total. The minimum Gasteiger partial charge on any atom is -0.480 e. The first kappa shape index (κ1) is 18.1. The molecule has 1 amide bonds. The van der Waals surface area contributed by atoms with Gasteiger partial charge in [-0.25, -0.2) is 8.42 Å². The molecule has 2 N–H and O–H groups in total. The lowest BCUT2D eigenvalue weighted by atomic mass is 10.2. The van der Waals surface area contributed by atoms with Crippen LogP contribution in [0.3, 0.4) is 0 Å². The van der Waals surface area contributed by atoms with E-state index in [0.717, 1.165) is 0 Å². The Hall–Kier alpha value is -1.93. The van der Waals surface area contributed by atoms with E-state index in [2.05, 4.69) is 5.32 Å². The average molecular weight is 328 g/mol. The molecular formula is C14H20N2O5S. The summed E-state index contributed by atoms with van der Waals surface area (Å²) >= 11 is 0. The first-order valence-electron chi connectivity index (χ1n) is 6.69. The van der Waals surface area contributed by atoms with Gasteiger partial charge in [-0.3, -0.25) is 9.59 Å². The zero-order chi connectivity index (χ0) is 17.1. The predicted molar refractivity (Wildman–Crippen MR) is 81.1 cm³/mol. The van der Waals surface area contributed by atoms with Gasteiger partial charge < -0.3 is 10.4 Å². The second-order valence-electron chi connectivity index (χ2n) is 5.18. The molecule has 1 unspecified atom stereocenters. The fourth-order valence-corrected chi connectivity index (χ4v) is 3.00. The number of benzene rings is 1. The molecule has 0 aliphatic carbocycles. The van der Waals surface area contributed by atoms with Crippen molar-refractivity contribution in [1.82, 2.24) is 9.62 Å². The zero-order valence-electron chi connectivity index (χ0n) is 12.9. The summed E-state index contributed by atoms with van der Waals surface area (Å²) in [5.41, 5.74) is 0.0892. The van der Waals surface area contributed by atoms with E-state index < -0.39 is 27.9 Å². The number of carboxylic acids is 1. The second-order valence-corrected chi connectivity index (χ2v) is 7.17. The molecule has 1 aromatic carbocycles. The number of nitrogens with zero attached hydrogens (tertiary/aromatic N) is 1. The van der Waals surface area contributed by atoms with E-state index in [0.29, 0.717) is 0 Å². The van der Waals surface area contributed by atoms with Crippen molar-refractivity contribution in [3.63, 3.8) is 0 Å². The maximum absolute atomic E-state index is 12.4. The van der Waals surface area contributed by atoms with E-state index in [1.54, 1.807) is 13.8 Å². The van der Waals surface area contributed by atoms with Gasteiger partial charge in [0.1, 0.15) is 6.04 Å². The lowest BCUT2D eigenvalue weighted by Crippen LogP contribution is -2.38. The van der Waals surface area contributed by atoms with Crippen LogP contribution in [0.25, 0.3) is 0 Å². The lowest BCUT2D eigenvalue weighted by molar-refractivity contribution is -0.138. The predicted octanol–water partition coefficient (Wildman–Crippen LogP) is 0.918.